The first-order valence-electron chi connectivity index (χ1n) is 8.69. The Labute approximate surface area is 153 Å². The number of halogens is 1. The van der Waals surface area contributed by atoms with E-state index >= 15 is 0 Å². The Kier molecular flexibility index (Phi) is 3.10. The third kappa shape index (κ3) is 2.16. The van der Waals surface area contributed by atoms with Crippen molar-refractivity contribution in [3.8, 4) is 5.69 Å². The molecule has 27 heavy (non-hydrogen) atoms. The maximum Gasteiger partial charge on any atom is 0.253 e. The van der Waals surface area contributed by atoms with Crippen molar-refractivity contribution in [2.45, 2.75) is 25.7 Å². The molecule has 7 nitrogen and oxygen atoms in total. The van der Waals surface area contributed by atoms with Gasteiger partial charge in [0.2, 0.25) is 0 Å². The van der Waals surface area contributed by atoms with Crippen LogP contribution in [0.5, 0.6) is 0 Å². The van der Waals surface area contributed by atoms with Gasteiger partial charge in [0.05, 0.1) is 28.5 Å². The molecule has 1 aliphatic rings. The molecule has 3 heterocycles. The first kappa shape index (κ1) is 15.8. The van der Waals surface area contributed by atoms with Crippen LogP contribution in [0.1, 0.15) is 40.4 Å². The van der Waals surface area contributed by atoms with Gasteiger partial charge in [-0.25, -0.2) is 4.39 Å². The van der Waals surface area contributed by atoms with E-state index < -0.39 is 5.91 Å². The molecule has 0 atom stereocenters. The summed E-state index contributed by atoms with van der Waals surface area (Å²) in [6.45, 7) is 1.68. The van der Waals surface area contributed by atoms with Gasteiger partial charge in [-0.05, 0) is 31.9 Å². The first-order chi connectivity index (χ1) is 13.0. The molecule has 1 saturated carbocycles. The molecular formula is C19H17FN6O. The second kappa shape index (κ2) is 5.29. The van der Waals surface area contributed by atoms with E-state index in [1.54, 1.807) is 23.9 Å². The fourth-order valence-electron chi connectivity index (χ4n) is 3.75. The number of hydrogen-bond donors (Lipinski definition) is 3. The van der Waals surface area contributed by atoms with Gasteiger partial charge in [-0.3, -0.25) is 19.4 Å². The van der Waals surface area contributed by atoms with Gasteiger partial charge in [-0.1, -0.05) is 0 Å². The number of nitrogens with one attached hydrogen (secondary N) is 1. The number of amides is 1. The van der Waals surface area contributed by atoms with Crippen molar-refractivity contribution in [1.29, 1.82) is 0 Å². The van der Waals surface area contributed by atoms with E-state index in [1.807, 2.05) is 6.07 Å². The Hall–Kier alpha value is -3.42. The molecule has 136 valence electrons. The number of benzene rings is 1. The zero-order valence-electron chi connectivity index (χ0n) is 14.6. The number of anilines is 1. The Morgan fingerprint density at radius 3 is 2.78 bits per heavy atom. The van der Waals surface area contributed by atoms with Crippen LogP contribution in [0.4, 0.5) is 10.2 Å². The third-order valence-corrected chi connectivity index (χ3v) is 5.28. The summed E-state index contributed by atoms with van der Waals surface area (Å²) in [7, 11) is 0. The van der Waals surface area contributed by atoms with E-state index in [0.717, 1.165) is 18.5 Å². The monoisotopic (exact) mass is 364 g/mol. The largest absolute Gasteiger partial charge is 0.384 e. The molecule has 0 aliphatic heterocycles. The van der Waals surface area contributed by atoms with Crippen molar-refractivity contribution in [3.63, 3.8) is 0 Å². The highest BCUT2D eigenvalue weighted by atomic mass is 19.1. The summed E-state index contributed by atoms with van der Waals surface area (Å²) in [6.07, 6.45) is 5.43. The lowest BCUT2D eigenvalue weighted by atomic mass is 10.1. The predicted molar refractivity (Wildman–Crippen MR) is 100 cm³/mol. The summed E-state index contributed by atoms with van der Waals surface area (Å²) in [4.78, 5) is 16.6. The fourth-order valence-corrected chi connectivity index (χ4v) is 3.75. The Morgan fingerprint density at radius 1 is 1.30 bits per heavy atom. The number of pyridine rings is 1. The molecule has 0 spiro atoms. The zero-order valence-corrected chi connectivity index (χ0v) is 14.6. The molecule has 1 amide bonds. The highest BCUT2D eigenvalue weighted by molar-refractivity contribution is 6.12. The van der Waals surface area contributed by atoms with E-state index in [0.29, 0.717) is 39.0 Å². The molecule has 5 rings (SSSR count). The molecule has 0 radical (unpaired) electrons. The van der Waals surface area contributed by atoms with Crippen molar-refractivity contribution in [1.82, 2.24) is 19.7 Å². The highest BCUT2D eigenvalue weighted by Gasteiger charge is 2.28. The molecular weight excluding hydrogens is 347 g/mol. The number of primary amides is 1. The van der Waals surface area contributed by atoms with Crippen molar-refractivity contribution in [2.24, 2.45) is 5.73 Å². The summed E-state index contributed by atoms with van der Waals surface area (Å²) >= 11 is 0. The lowest BCUT2D eigenvalue weighted by molar-refractivity contribution is 0.100. The third-order valence-electron chi connectivity index (χ3n) is 5.28. The molecule has 1 fully saturated rings. The van der Waals surface area contributed by atoms with Gasteiger partial charge < -0.3 is 11.5 Å². The van der Waals surface area contributed by atoms with Gasteiger partial charge in [0, 0.05) is 34.1 Å². The summed E-state index contributed by atoms with van der Waals surface area (Å²) in [5.74, 6) is -0.447. The Balaban J connectivity index is 1.95. The van der Waals surface area contributed by atoms with E-state index in [2.05, 4.69) is 15.2 Å². The fraction of sp³-hybridized carbons (Fsp3) is 0.211. The van der Waals surface area contributed by atoms with E-state index in [1.165, 1.54) is 6.07 Å². The first-order valence-corrected chi connectivity index (χ1v) is 8.69. The van der Waals surface area contributed by atoms with E-state index in [9.17, 15) is 9.18 Å². The summed E-state index contributed by atoms with van der Waals surface area (Å²) in [6, 6.07) is 3.32. The second-order valence-corrected chi connectivity index (χ2v) is 7.02. The molecule has 1 aliphatic carbocycles. The van der Waals surface area contributed by atoms with Gasteiger partial charge in [0.15, 0.2) is 0 Å². The number of nitrogens with zero attached hydrogens (tertiary/aromatic N) is 3. The maximum absolute atomic E-state index is 14.6. The quantitative estimate of drug-likeness (QED) is 0.518. The Bertz CT molecular complexity index is 1250. The number of H-pyrrole nitrogens is 1. The van der Waals surface area contributed by atoms with Gasteiger partial charge in [-0.2, -0.15) is 5.10 Å². The summed E-state index contributed by atoms with van der Waals surface area (Å²) in [5.41, 5.74) is 15.3. The van der Waals surface area contributed by atoms with Gasteiger partial charge in [0.1, 0.15) is 11.6 Å². The lowest BCUT2D eigenvalue weighted by Crippen LogP contribution is -2.14. The normalized spacial score (nSPS) is 14.3. The zero-order chi connectivity index (χ0) is 18.9. The molecule has 3 aromatic heterocycles. The minimum Gasteiger partial charge on any atom is -0.384 e. The van der Waals surface area contributed by atoms with Crippen LogP contribution in [0.2, 0.25) is 0 Å². The number of aromatic nitrogens is 4. The highest BCUT2D eigenvalue weighted by Crippen LogP contribution is 2.42. The van der Waals surface area contributed by atoms with Crippen molar-refractivity contribution in [2.75, 3.05) is 5.73 Å². The number of aromatic amines is 1. The summed E-state index contributed by atoms with van der Waals surface area (Å²) in [5, 5.41) is 8.08. The molecule has 1 aromatic carbocycles. The van der Waals surface area contributed by atoms with Crippen molar-refractivity contribution >= 4 is 33.5 Å². The van der Waals surface area contributed by atoms with Gasteiger partial charge >= 0.3 is 0 Å². The number of carbonyl (C=O) groups excluding carboxylic acids is 1. The van der Waals surface area contributed by atoms with Crippen molar-refractivity contribution in [3.05, 3.63) is 47.2 Å². The van der Waals surface area contributed by atoms with E-state index in [-0.39, 0.29) is 17.2 Å². The number of hydrogen-bond acceptors (Lipinski definition) is 4. The molecule has 0 bridgehead atoms. The van der Waals surface area contributed by atoms with Crippen LogP contribution in [-0.2, 0) is 0 Å². The smallest absolute Gasteiger partial charge is 0.253 e. The average Bonchev–Trinajstić information content (AvgIpc) is 3.31. The van der Waals surface area contributed by atoms with Crippen LogP contribution < -0.4 is 11.5 Å². The van der Waals surface area contributed by atoms with Crippen LogP contribution in [0.15, 0.2) is 24.5 Å². The number of rotatable bonds is 3. The molecule has 0 unspecified atom stereocenters. The van der Waals surface area contributed by atoms with Gasteiger partial charge in [-0.15, -0.1) is 0 Å². The lowest BCUT2D eigenvalue weighted by Gasteiger charge is -2.14. The molecule has 5 N–H and O–H groups in total. The minimum absolute atomic E-state index is 0.170. The maximum atomic E-state index is 14.6. The summed E-state index contributed by atoms with van der Waals surface area (Å²) < 4.78 is 16.3. The number of carbonyl (C=O) groups is 1. The molecule has 4 aromatic rings. The molecule has 8 heteroatoms. The predicted octanol–water partition coefficient (Wildman–Crippen LogP) is 2.91. The molecule has 0 saturated heterocycles. The number of fused-ring (bicyclic) bond motifs is 2. The number of nitrogen functional groups attached to an aromatic ring is 1. The SMILES string of the molecule is Cc1c(F)cc2[nH]ncc2c1-n1c(N)c(C(N)=O)c2cnc(C3CC3)cc21. The average molecular weight is 364 g/mol. The topological polar surface area (TPSA) is 116 Å². The van der Waals surface area contributed by atoms with Gasteiger partial charge in [0.25, 0.3) is 5.91 Å². The second-order valence-electron chi connectivity index (χ2n) is 7.02. The van der Waals surface area contributed by atoms with Crippen molar-refractivity contribution < 1.29 is 9.18 Å². The number of nitrogens with two attached hydrogens (primary N) is 2. The van der Waals surface area contributed by atoms with Crippen LogP contribution in [0.3, 0.4) is 0 Å². The minimum atomic E-state index is -0.644. The van der Waals surface area contributed by atoms with Crippen LogP contribution in [0, 0.1) is 12.7 Å². The van der Waals surface area contributed by atoms with Crippen LogP contribution >= 0.6 is 0 Å². The van der Waals surface area contributed by atoms with E-state index in [4.69, 9.17) is 11.5 Å². The van der Waals surface area contributed by atoms with Crippen LogP contribution in [0.25, 0.3) is 27.5 Å². The Morgan fingerprint density at radius 2 is 2.07 bits per heavy atom. The van der Waals surface area contributed by atoms with Crippen LogP contribution in [-0.4, -0.2) is 25.7 Å². The standard InChI is InChI=1S/C19H17FN6O/c1-8-12(20)4-14-10(7-24-25-14)17(8)26-15-5-13(9-2-3-9)23-6-11(15)16(18(26)21)19(22)27/h4-7,9H,2-3,21H2,1H3,(H2,22,27)(H,24,25).